The Balaban J connectivity index is 1.79. The first-order valence-electron chi connectivity index (χ1n) is 7.90. The number of H-pyrrole nitrogens is 1. The van der Waals surface area contributed by atoms with Gasteiger partial charge in [-0.25, -0.2) is 0 Å². The van der Waals surface area contributed by atoms with Gasteiger partial charge in [-0.2, -0.15) is 5.10 Å². The molecule has 3 aromatic rings. The number of methoxy groups -OCH3 is 2. The summed E-state index contributed by atoms with van der Waals surface area (Å²) in [6.45, 7) is 0.308. The van der Waals surface area contributed by atoms with Gasteiger partial charge in [0.1, 0.15) is 11.5 Å². The lowest BCUT2D eigenvalue weighted by molar-refractivity contribution is 0.0951. The van der Waals surface area contributed by atoms with Gasteiger partial charge in [0.05, 0.1) is 31.7 Å². The van der Waals surface area contributed by atoms with Crippen LogP contribution in [0.4, 0.5) is 0 Å². The van der Waals surface area contributed by atoms with E-state index in [9.17, 15) is 4.79 Å². The fourth-order valence-corrected chi connectivity index (χ4v) is 3.01. The molecule has 2 N–H and O–H groups in total. The Hall–Kier alpha value is -2.80. The second kappa shape index (κ2) is 8.05. The molecule has 0 atom stereocenters. The number of aromatic nitrogens is 2. The fourth-order valence-electron chi connectivity index (χ4n) is 2.61. The number of nitrogens with zero attached hydrogens (tertiary/aromatic N) is 1. The van der Waals surface area contributed by atoms with Crippen LogP contribution in [0.1, 0.15) is 15.9 Å². The minimum absolute atomic E-state index is 0.224. The van der Waals surface area contributed by atoms with Gasteiger partial charge in [-0.05, 0) is 30.3 Å². The number of ether oxygens (including phenoxy) is 2. The molecule has 6 nitrogen and oxygen atoms in total. The van der Waals surface area contributed by atoms with Gasteiger partial charge in [-0.3, -0.25) is 9.89 Å². The summed E-state index contributed by atoms with van der Waals surface area (Å²) in [5.74, 6) is 1.16. The van der Waals surface area contributed by atoms with E-state index in [-0.39, 0.29) is 5.91 Å². The molecule has 0 bridgehead atoms. The molecule has 1 aromatic heterocycles. The first-order valence-corrected chi connectivity index (χ1v) is 8.70. The molecule has 1 amide bonds. The van der Waals surface area contributed by atoms with Crippen molar-refractivity contribution >= 4 is 21.8 Å². The molecular formula is C19H18BrN3O3. The van der Waals surface area contributed by atoms with Crippen LogP contribution in [-0.4, -0.2) is 30.3 Å². The number of rotatable bonds is 6. The highest BCUT2D eigenvalue weighted by atomic mass is 79.9. The molecule has 26 heavy (non-hydrogen) atoms. The third-order valence-corrected chi connectivity index (χ3v) is 4.42. The lowest BCUT2D eigenvalue weighted by Crippen LogP contribution is -2.23. The Labute approximate surface area is 159 Å². The summed E-state index contributed by atoms with van der Waals surface area (Å²) in [6.07, 6.45) is 1.52. The van der Waals surface area contributed by atoms with Gasteiger partial charge in [-0.15, -0.1) is 0 Å². The van der Waals surface area contributed by atoms with Crippen LogP contribution in [0.5, 0.6) is 11.5 Å². The van der Waals surface area contributed by atoms with E-state index in [2.05, 4.69) is 31.4 Å². The molecular weight excluding hydrogens is 398 g/mol. The van der Waals surface area contributed by atoms with E-state index < -0.39 is 0 Å². The molecule has 134 valence electrons. The van der Waals surface area contributed by atoms with Gasteiger partial charge in [0.2, 0.25) is 0 Å². The van der Waals surface area contributed by atoms with Crippen molar-refractivity contribution in [1.29, 1.82) is 0 Å². The van der Waals surface area contributed by atoms with Crippen LogP contribution >= 0.6 is 15.9 Å². The molecule has 2 aromatic carbocycles. The van der Waals surface area contributed by atoms with E-state index >= 15 is 0 Å². The average Bonchev–Trinajstić information content (AvgIpc) is 3.15. The third-order valence-electron chi connectivity index (χ3n) is 3.92. The zero-order valence-corrected chi connectivity index (χ0v) is 16.0. The van der Waals surface area contributed by atoms with Gasteiger partial charge in [0.25, 0.3) is 5.91 Å². The smallest absolute Gasteiger partial charge is 0.255 e. The minimum Gasteiger partial charge on any atom is -0.497 e. The van der Waals surface area contributed by atoms with Crippen molar-refractivity contribution in [2.24, 2.45) is 0 Å². The Morgan fingerprint density at radius 3 is 2.77 bits per heavy atom. The van der Waals surface area contributed by atoms with Crippen molar-refractivity contribution in [2.75, 3.05) is 14.2 Å². The maximum atomic E-state index is 12.7. The number of carbonyl (C=O) groups is 1. The quantitative estimate of drug-likeness (QED) is 0.641. The molecule has 0 saturated carbocycles. The molecule has 0 spiro atoms. The van der Waals surface area contributed by atoms with Crippen LogP contribution < -0.4 is 14.8 Å². The SMILES string of the molecule is COc1ccc(OC)c(CNC(=O)c2cn[nH]c2-c2cccc(Br)c2)c1. The minimum atomic E-state index is -0.224. The zero-order chi connectivity index (χ0) is 18.5. The summed E-state index contributed by atoms with van der Waals surface area (Å²) in [5.41, 5.74) is 2.85. The highest BCUT2D eigenvalue weighted by Crippen LogP contribution is 2.26. The molecule has 7 heteroatoms. The van der Waals surface area contributed by atoms with Gasteiger partial charge in [-0.1, -0.05) is 28.1 Å². The molecule has 0 unspecified atom stereocenters. The van der Waals surface area contributed by atoms with E-state index in [1.807, 2.05) is 42.5 Å². The van der Waals surface area contributed by atoms with Crippen LogP contribution in [0.3, 0.4) is 0 Å². The van der Waals surface area contributed by atoms with Crippen LogP contribution in [0, 0.1) is 0 Å². The molecule has 1 heterocycles. The van der Waals surface area contributed by atoms with Gasteiger partial charge >= 0.3 is 0 Å². The predicted molar refractivity (Wildman–Crippen MR) is 102 cm³/mol. The van der Waals surface area contributed by atoms with E-state index in [1.54, 1.807) is 14.2 Å². The highest BCUT2D eigenvalue weighted by Gasteiger charge is 2.16. The Bertz CT molecular complexity index is 924. The van der Waals surface area contributed by atoms with Crippen molar-refractivity contribution in [3.8, 4) is 22.8 Å². The topological polar surface area (TPSA) is 76.2 Å². The molecule has 0 fully saturated rings. The number of hydrogen-bond acceptors (Lipinski definition) is 4. The molecule has 0 aliphatic carbocycles. The summed E-state index contributed by atoms with van der Waals surface area (Å²) in [5, 5.41) is 9.82. The Kier molecular flexibility index (Phi) is 5.58. The van der Waals surface area contributed by atoms with E-state index in [4.69, 9.17) is 9.47 Å². The molecule has 3 rings (SSSR count). The van der Waals surface area contributed by atoms with Crippen LogP contribution in [0.15, 0.2) is 53.1 Å². The summed E-state index contributed by atoms with van der Waals surface area (Å²) < 4.78 is 11.5. The number of amides is 1. The lowest BCUT2D eigenvalue weighted by Gasteiger charge is -2.11. The van der Waals surface area contributed by atoms with Gasteiger partial charge in [0, 0.05) is 22.1 Å². The molecule has 0 radical (unpaired) electrons. The van der Waals surface area contributed by atoms with Crippen LogP contribution in [0.2, 0.25) is 0 Å². The second-order valence-electron chi connectivity index (χ2n) is 5.53. The number of halogens is 1. The number of aromatic amines is 1. The molecule has 0 aliphatic heterocycles. The maximum Gasteiger partial charge on any atom is 0.255 e. The van der Waals surface area contributed by atoms with Crippen molar-refractivity contribution in [2.45, 2.75) is 6.54 Å². The first-order chi connectivity index (χ1) is 12.6. The second-order valence-corrected chi connectivity index (χ2v) is 6.45. The van der Waals surface area contributed by atoms with Gasteiger partial charge < -0.3 is 14.8 Å². The predicted octanol–water partition coefficient (Wildman–Crippen LogP) is 3.79. The Morgan fingerprint density at radius 2 is 2.04 bits per heavy atom. The van der Waals surface area contributed by atoms with Crippen molar-refractivity contribution < 1.29 is 14.3 Å². The number of carbonyl (C=O) groups excluding carboxylic acids is 1. The number of benzene rings is 2. The summed E-state index contributed by atoms with van der Waals surface area (Å²) in [6, 6.07) is 13.1. The van der Waals surface area contributed by atoms with E-state index in [0.29, 0.717) is 29.3 Å². The number of nitrogens with one attached hydrogen (secondary N) is 2. The summed E-state index contributed by atoms with van der Waals surface area (Å²) in [4.78, 5) is 12.7. The normalized spacial score (nSPS) is 10.4. The molecule has 0 saturated heterocycles. The van der Waals surface area contributed by atoms with Crippen LogP contribution in [-0.2, 0) is 6.54 Å². The number of hydrogen-bond donors (Lipinski definition) is 2. The van der Waals surface area contributed by atoms with E-state index in [0.717, 1.165) is 15.6 Å². The third kappa shape index (κ3) is 3.88. The monoisotopic (exact) mass is 415 g/mol. The zero-order valence-electron chi connectivity index (χ0n) is 14.4. The van der Waals surface area contributed by atoms with Crippen LogP contribution in [0.25, 0.3) is 11.3 Å². The van der Waals surface area contributed by atoms with Crippen molar-refractivity contribution in [3.05, 3.63) is 64.3 Å². The molecule has 0 aliphatic rings. The lowest BCUT2D eigenvalue weighted by atomic mass is 10.1. The van der Waals surface area contributed by atoms with Crippen molar-refractivity contribution in [3.63, 3.8) is 0 Å². The fraction of sp³-hybridized carbons (Fsp3) is 0.158. The van der Waals surface area contributed by atoms with E-state index in [1.165, 1.54) is 6.20 Å². The van der Waals surface area contributed by atoms with Crippen molar-refractivity contribution in [1.82, 2.24) is 15.5 Å². The summed E-state index contributed by atoms with van der Waals surface area (Å²) >= 11 is 3.44. The van der Waals surface area contributed by atoms with Gasteiger partial charge in [0.15, 0.2) is 0 Å². The first kappa shape index (κ1) is 18.0. The largest absolute Gasteiger partial charge is 0.497 e. The average molecular weight is 416 g/mol. The standard InChI is InChI=1S/C19H18BrN3O3/c1-25-15-6-7-17(26-2)13(9-15)10-21-19(24)16-11-22-23-18(16)12-4-3-5-14(20)8-12/h3-9,11H,10H2,1-2H3,(H,21,24)(H,22,23). The maximum absolute atomic E-state index is 12.7. The Morgan fingerprint density at radius 1 is 1.19 bits per heavy atom. The highest BCUT2D eigenvalue weighted by molar-refractivity contribution is 9.10. The summed E-state index contributed by atoms with van der Waals surface area (Å²) in [7, 11) is 3.19.